The number of aromatic nitrogens is 4. The molecule has 2 N–H and O–H groups in total. The minimum absolute atomic E-state index is 0.118. The largest absolute Gasteiger partial charge is 0.315 e. The molecule has 0 aliphatic heterocycles. The molecule has 0 aliphatic rings. The maximum absolute atomic E-state index is 12.2. The molecular formula is C11H18N6O2S2. The zero-order valence-electron chi connectivity index (χ0n) is 11.9. The minimum atomic E-state index is -3.66. The SMILES string of the molecule is CCNCCn1cc(S(=O)(=O)Nc2nnc(CC)s2)cn1. The lowest BCUT2D eigenvalue weighted by molar-refractivity contribution is 0.564. The maximum Gasteiger partial charge on any atom is 0.266 e. The molecule has 0 atom stereocenters. The second kappa shape index (κ2) is 6.96. The van der Waals surface area contributed by atoms with Crippen LogP contribution >= 0.6 is 11.3 Å². The van der Waals surface area contributed by atoms with Gasteiger partial charge < -0.3 is 5.32 Å². The molecule has 0 saturated heterocycles. The van der Waals surface area contributed by atoms with Crippen LogP contribution in [0.15, 0.2) is 17.3 Å². The summed E-state index contributed by atoms with van der Waals surface area (Å²) in [6, 6.07) is 0. The van der Waals surface area contributed by atoms with Crippen molar-refractivity contribution >= 4 is 26.5 Å². The normalized spacial score (nSPS) is 11.7. The fourth-order valence-corrected chi connectivity index (χ4v) is 3.45. The van der Waals surface area contributed by atoms with E-state index in [2.05, 4.69) is 25.3 Å². The van der Waals surface area contributed by atoms with Crippen molar-refractivity contribution in [1.29, 1.82) is 0 Å². The maximum atomic E-state index is 12.2. The van der Waals surface area contributed by atoms with Crippen molar-refractivity contribution in [3.8, 4) is 0 Å². The fraction of sp³-hybridized carbons (Fsp3) is 0.545. The van der Waals surface area contributed by atoms with E-state index >= 15 is 0 Å². The number of hydrogen-bond acceptors (Lipinski definition) is 7. The van der Waals surface area contributed by atoms with Crippen LogP contribution in [-0.4, -0.2) is 41.5 Å². The van der Waals surface area contributed by atoms with Gasteiger partial charge in [-0.2, -0.15) is 5.10 Å². The Morgan fingerprint density at radius 2 is 2.14 bits per heavy atom. The molecule has 0 unspecified atom stereocenters. The number of anilines is 1. The van der Waals surface area contributed by atoms with Crippen molar-refractivity contribution in [3.63, 3.8) is 0 Å². The van der Waals surface area contributed by atoms with Gasteiger partial charge in [0.15, 0.2) is 0 Å². The molecule has 21 heavy (non-hydrogen) atoms. The second-order valence-electron chi connectivity index (χ2n) is 4.25. The number of rotatable bonds is 8. The van der Waals surface area contributed by atoms with Gasteiger partial charge in [0.25, 0.3) is 10.0 Å². The Labute approximate surface area is 127 Å². The molecule has 0 fully saturated rings. The molecule has 0 aromatic carbocycles. The van der Waals surface area contributed by atoms with Gasteiger partial charge in [0.05, 0.1) is 12.7 Å². The Hall–Kier alpha value is -1.52. The molecule has 0 bridgehead atoms. The first-order chi connectivity index (χ1) is 10.0. The highest BCUT2D eigenvalue weighted by Gasteiger charge is 2.18. The molecule has 2 aromatic rings. The van der Waals surface area contributed by atoms with Crippen molar-refractivity contribution in [1.82, 2.24) is 25.3 Å². The summed E-state index contributed by atoms with van der Waals surface area (Å²) in [5.41, 5.74) is 0. The lowest BCUT2D eigenvalue weighted by Crippen LogP contribution is -2.19. The summed E-state index contributed by atoms with van der Waals surface area (Å²) in [7, 11) is -3.66. The molecule has 8 nitrogen and oxygen atoms in total. The third-order valence-electron chi connectivity index (χ3n) is 2.68. The van der Waals surface area contributed by atoms with Gasteiger partial charge in [-0.25, -0.2) is 8.42 Å². The molecular weight excluding hydrogens is 312 g/mol. The van der Waals surface area contributed by atoms with Gasteiger partial charge in [0.2, 0.25) is 5.13 Å². The number of sulfonamides is 1. The van der Waals surface area contributed by atoms with E-state index in [0.29, 0.717) is 6.54 Å². The van der Waals surface area contributed by atoms with Gasteiger partial charge in [-0.3, -0.25) is 9.40 Å². The van der Waals surface area contributed by atoms with E-state index in [9.17, 15) is 8.42 Å². The summed E-state index contributed by atoms with van der Waals surface area (Å²) >= 11 is 1.23. The van der Waals surface area contributed by atoms with Crippen LogP contribution in [0.4, 0.5) is 5.13 Å². The predicted octanol–water partition coefficient (Wildman–Crippen LogP) is 0.707. The molecule has 2 rings (SSSR count). The number of likely N-dealkylation sites (N-methyl/N-ethyl adjacent to an activating group) is 1. The molecule has 0 amide bonds. The van der Waals surface area contributed by atoms with Gasteiger partial charge in [0.1, 0.15) is 9.90 Å². The highest BCUT2D eigenvalue weighted by molar-refractivity contribution is 7.93. The number of aryl methyl sites for hydroxylation is 1. The molecule has 2 aromatic heterocycles. The summed E-state index contributed by atoms with van der Waals surface area (Å²) in [4.78, 5) is 0.118. The van der Waals surface area contributed by atoms with Crippen molar-refractivity contribution in [3.05, 3.63) is 17.4 Å². The Morgan fingerprint density at radius 1 is 1.33 bits per heavy atom. The molecule has 116 valence electrons. The van der Waals surface area contributed by atoms with E-state index in [4.69, 9.17) is 0 Å². The van der Waals surface area contributed by atoms with Gasteiger partial charge in [-0.1, -0.05) is 25.2 Å². The summed E-state index contributed by atoms with van der Waals surface area (Å²) in [6.07, 6.45) is 3.55. The Bertz CT molecular complexity index is 678. The van der Waals surface area contributed by atoms with Crippen LogP contribution in [0.3, 0.4) is 0 Å². The van der Waals surface area contributed by atoms with Crippen LogP contribution in [0.25, 0.3) is 0 Å². The molecule has 2 heterocycles. The smallest absolute Gasteiger partial charge is 0.266 e. The number of nitrogens with zero attached hydrogens (tertiary/aromatic N) is 4. The standard InChI is InChI=1S/C11H18N6O2S2/c1-3-10-14-15-11(20-10)16-21(18,19)9-7-13-17(8-9)6-5-12-4-2/h7-8,12H,3-6H2,1-2H3,(H,15,16). The monoisotopic (exact) mass is 330 g/mol. The van der Waals surface area contributed by atoms with Crippen LogP contribution in [0.2, 0.25) is 0 Å². The summed E-state index contributed by atoms with van der Waals surface area (Å²) in [5.74, 6) is 0. The van der Waals surface area contributed by atoms with E-state index < -0.39 is 10.0 Å². The van der Waals surface area contributed by atoms with Crippen molar-refractivity contribution < 1.29 is 8.42 Å². The highest BCUT2D eigenvalue weighted by atomic mass is 32.2. The van der Waals surface area contributed by atoms with Crippen LogP contribution in [0.1, 0.15) is 18.9 Å². The Morgan fingerprint density at radius 3 is 2.81 bits per heavy atom. The Balaban J connectivity index is 2.05. The minimum Gasteiger partial charge on any atom is -0.315 e. The van der Waals surface area contributed by atoms with E-state index in [1.54, 1.807) is 4.68 Å². The average molecular weight is 330 g/mol. The van der Waals surface area contributed by atoms with Crippen LogP contribution in [0, 0.1) is 0 Å². The van der Waals surface area contributed by atoms with Crippen molar-refractivity contribution in [2.75, 3.05) is 17.8 Å². The lowest BCUT2D eigenvalue weighted by atomic mass is 10.5. The third kappa shape index (κ3) is 4.22. The molecule has 0 aliphatic carbocycles. The first-order valence-electron chi connectivity index (χ1n) is 6.63. The summed E-state index contributed by atoms with van der Waals surface area (Å²) in [6.45, 7) is 6.16. The third-order valence-corrected chi connectivity index (χ3v) is 5.08. The average Bonchev–Trinajstić information content (AvgIpc) is 3.08. The Kier molecular flexibility index (Phi) is 5.26. The quantitative estimate of drug-likeness (QED) is 0.691. The molecule has 0 saturated carbocycles. The van der Waals surface area contributed by atoms with E-state index in [1.807, 2.05) is 13.8 Å². The zero-order chi connectivity index (χ0) is 15.3. The lowest BCUT2D eigenvalue weighted by Gasteiger charge is -2.02. The van der Waals surface area contributed by atoms with Crippen molar-refractivity contribution in [2.24, 2.45) is 0 Å². The van der Waals surface area contributed by atoms with Crippen LogP contribution in [-0.2, 0) is 23.0 Å². The van der Waals surface area contributed by atoms with Gasteiger partial charge in [-0.05, 0) is 13.0 Å². The first kappa shape index (κ1) is 15.9. The van der Waals surface area contributed by atoms with Gasteiger partial charge >= 0.3 is 0 Å². The highest BCUT2D eigenvalue weighted by Crippen LogP contribution is 2.19. The summed E-state index contributed by atoms with van der Waals surface area (Å²) in [5, 5.41) is 15.9. The van der Waals surface area contributed by atoms with E-state index in [-0.39, 0.29) is 10.0 Å². The van der Waals surface area contributed by atoms with E-state index in [1.165, 1.54) is 23.7 Å². The van der Waals surface area contributed by atoms with Crippen LogP contribution in [0.5, 0.6) is 0 Å². The van der Waals surface area contributed by atoms with Crippen LogP contribution < -0.4 is 10.0 Å². The zero-order valence-corrected chi connectivity index (χ0v) is 13.5. The summed E-state index contributed by atoms with van der Waals surface area (Å²) < 4.78 is 28.4. The predicted molar refractivity (Wildman–Crippen MR) is 80.9 cm³/mol. The van der Waals surface area contributed by atoms with Gasteiger partial charge in [-0.15, -0.1) is 10.2 Å². The molecule has 10 heteroatoms. The molecule has 0 spiro atoms. The first-order valence-corrected chi connectivity index (χ1v) is 8.93. The fourth-order valence-electron chi connectivity index (χ4n) is 1.59. The number of hydrogen-bond donors (Lipinski definition) is 2. The molecule has 0 radical (unpaired) electrons. The number of nitrogens with one attached hydrogen (secondary N) is 2. The van der Waals surface area contributed by atoms with E-state index in [0.717, 1.165) is 24.5 Å². The van der Waals surface area contributed by atoms with Gasteiger partial charge in [0, 0.05) is 12.7 Å². The van der Waals surface area contributed by atoms with Crippen molar-refractivity contribution in [2.45, 2.75) is 31.7 Å². The second-order valence-corrected chi connectivity index (χ2v) is 7.00. The topological polar surface area (TPSA) is 102 Å².